The first kappa shape index (κ1) is 17.8. The summed E-state index contributed by atoms with van der Waals surface area (Å²) >= 11 is 0. The van der Waals surface area contributed by atoms with Crippen molar-refractivity contribution in [3.63, 3.8) is 0 Å². The Labute approximate surface area is 151 Å². The summed E-state index contributed by atoms with van der Waals surface area (Å²) in [7, 11) is 3.80. The van der Waals surface area contributed by atoms with E-state index < -0.39 is 0 Å². The Kier molecular flexibility index (Phi) is 5.43. The first-order valence-electron chi connectivity index (χ1n) is 8.42. The van der Waals surface area contributed by atoms with Crippen LogP contribution in [0.25, 0.3) is 0 Å². The predicted octanol–water partition coefficient (Wildman–Crippen LogP) is 2.25. The van der Waals surface area contributed by atoms with E-state index in [1.165, 1.54) is 0 Å². The Morgan fingerprint density at radius 3 is 2.77 bits per heavy atom. The number of nitrogens with one attached hydrogen (secondary N) is 1. The maximum atomic E-state index is 12.4. The molecule has 0 bridgehead atoms. The lowest BCUT2D eigenvalue weighted by atomic mass is 10.1. The molecular formula is C18H22N6O2. The molecule has 0 spiro atoms. The van der Waals surface area contributed by atoms with Crippen LogP contribution in [0.5, 0.6) is 0 Å². The van der Waals surface area contributed by atoms with E-state index in [4.69, 9.17) is 4.42 Å². The lowest BCUT2D eigenvalue weighted by molar-refractivity contribution is 0.102. The van der Waals surface area contributed by atoms with Gasteiger partial charge in [0.25, 0.3) is 5.91 Å². The summed E-state index contributed by atoms with van der Waals surface area (Å²) in [5.74, 6) is 1.56. The minimum Gasteiger partial charge on any atom is -0.424 e. The first-order chi connectivity index (χ1) is 12.5. The van der Waals surface area contributed by atoms with Crippen LogP contribution in [-0.4, -0.2) is 37.6 Å². The van der Waals surface area contributed by atoms with Gasteiger partial charge in [0.15, 0.2) is 0 Å². The number of carbonyl (C=O) groups excluding carboxylic acids is 1. The van der Waals surface area contributed by atoms with Gasteiger partial charge < -0.3 is 8.98 Å². The molecule has 0 saturated carbocycles. The number of aryl methyl sites for hydroxylation is 2. The van der Waals surface area contributed by atoms with Gasteiger partial charge >= 0.3 is 0 Å². The summed E-state index contributed by atoms with van der Waals surface area (Å²) in [6.07, 6.45) is 4.15. The Bertz CT molecular complexity index is 885. The molecule has 8 nitrogen and oxygen atoms in total. The normalized spacial score (nSPS) is 11.1. The lowest BCUT2D eigenvalue weighted by Gasteiger charge is -2.15. The van der Waals surface area contributed by atoms with Crippen LogP contribution in [-0.2, 0) is 26.6 Å². The molecule has 136 valence electrons. The number of nitrogens with zero attached hydrogens (tertiary/aromatic N) is 5. The van der Waals surface area contributed by atoms with Crippen molar-refractivity contribution in [2.75, 3.05) is 12.4 Å². The lowest BCUT2D eigenvalue weighted by Crippen LogP contribution is -2.19. The highest BCUT2D eigenvalue weighted by molar-refractivity contribution is 6.03. The van der Waals surface area contributed by atoms with E-state index in [1.54, 1.807) is 23.0 Å². The fourth-order valence-electron chi connectivity index (χ4n) is 2.56. The molecule has 3 aromatic rings. The molecule has 2 heterocycles. The quantitative estimate of drug-likeness (QED) is 0.700. The number of amides is 1. The highest BCUT2D eigenvalue weighted by atomic mass is 16.4. The fourth-order valence-corrected chi connectivity index (χ4v) is 2.56. The second-order valence-electron chi connectivity index (χ2n) is 6.13. The third kappa shape index (κ3) is 4.34. The standard InChI is InChI=1S/C18H22N6O2/c1-4-15-21-22-16(26-15)12-23(2)11-13-6-5-7-14(10-13)17(25)20-18-19-8-9-24(18)3/h5-10H,4,11-12H2,1-3H3,(H,19,20,25). The molecule has 1 N–H and O–H groups in total. The molecule has 0 unspecified atom stereocenters. The molecule has 0 fully saturated rings. The molecule has 0 aliphatic rings. The van der Waals surface area contributed by atoms with Gasteiger partial charge in [0, 0.05) is 38.0 Å². The van der Waals surface area contributed by atoms with Crippen LogP contribution in [0.15, 0.2) is 41.1 Å². The van der Waals surface area contributed by atoms with Gasteiger partial charge in [0.05, 0.1) is 6.54 Å². The van der Waals surface area contributed by atoms with E-state index in [-0.39, 0.29) is 5.91 Å². The molecule has 1 aromatic carbocycles. The van der Waals surface area contributed by atoms with Gasteiger partial charge in [-0.3, -0.25) is 15.0 Å². The molecule has 1 amide bonds. The van der Waals surface area contributed by atoms with Crippen molar-refractivity contribution >= 4 is 11.9 Å². The third-order valence-electron chi connectivity index (χ3n) is 3.90. The van der Waals surface area contributed by atoms with Crippen LogP contribution < -0.4 is 5.32 Å². The van der Waals surface area contributed by atoms with E-state index >= 15 is 0 Å². The highest BCUT2D eigenvalue weighted by Crippen LogP contribution is 2.12. The number of carbonyl (C=O) groups is 1. The Balaban J connectivity index is 1.63. The van der Waals surface area contributed by atoms with Gasteiger partial charge in [0.2, 0.25) is 17.7 Å². The molecule has 0 aliphatic heterocycles. The molecule has 8 heteroatoms. The van der Waals surface area contributed by atoms with Crippen molar-refractivity contribution in [3.8, 4) is 0 Å². The van der Waals surface area contributed by atoms with Gasteiger partial charge in [0.1, 0.15) is 0 Å². The van der Waals surface area contributed by atoms with Crippen LogP contribution >= 0.6 is 0 Å². The maximum absolute atomic E-state index is 12.4. The van der Waals surface area contributed by atoms with E-state index in [0.29, 0.717) is 36.4 Å². The van der Waals surface area contributed by atoms with Crippen LogP contribution in [0, 0.1) is 0 Å². The van der Waals surface area contributed by atoms with Gasteiger partial charge in [-0.05, 0) is 24.7 Å². The monoisotopic (exact) mass is 354 g/mol. The molecule has 0 aliphatic carbocycles. The summed E-state index contributed by atoms with van der Waals surface area (Å²) in [4.78, 5) is 18.6. The van der Waals surface area contributed by atoms with Gasteiger partial charge in [-0.25, -0.2) is 4.98 Å². The van der Waals surface area contributed by atoms with Gasteiger partial charge in [-0.2, -0.15) is 0 Å². The smallest absolute Gasteiger partial charge is 0.257 e. The zero-order valence-electron chi connectivity index (χ0n) is 15.1. The van der Waals surface area contributed by atoms with Crippen LogP contribution in [0.1, 0.15) is 34.6 Å². The van der Waals surface area contributed by atoms with Crippen molar-refractivity contribution < 1.29 is 9.21 Å². The summed E-state index contributed by atoms with van der Waals surface area (Å²) in [5, 5.41) is 10.8. The molecule has 0 radical (unpaired) electrons. The van der Waals surface area contributed by atoms with E-state index in [0.717, 1.165) is 12.0 Å². The predicted molar refractivity (Wildman–Crippen MR) is 96.5 cm³/mol. The number of anilines is 1. The number of hydrogen-bond donors (Lipinski definition) is 1. The Morgan fingerprint density at radius 1 is 1.27 bits per heavy atom. The summed E-state index contributed by atoms with van der Waals surface area (Å²) in [6, 6.07) is 7.52. The number of benzene rings is 1. The van der Waals surface area contributed by atoms with Crippen molar-refractivity contribution in [2.24, 2.45) is 7.05 Å². The van der Waals surface area contributed by atoms with Crippen LogP contribution in [0.4, 0.5) is 5.95 Å². The number of imidazole rings is 1. The second-order valence-corrected chi connectivity index (χ2v) is 6.13. The van der Waals surface area contributed by atoms with Gasteiger partial charge in [-0.1, -0.05) is 19.1 Å². The fraction of sp³-hybridized carbons (Fsp3) is 0.333. The number of rotatable bonds is 7. The topological polar surface area (TPSA) is 89.1 Å². The average Bonchev–Trinajstić information content (AvgIpc) is 3.24. The summed E-state index contributed by atoms with van der Waals surface area (Å²) in [6.45, 7) is 3.19. The minimum atomic E-state index is -0.187. The molecule has 3 rings (SSSR count). The van der Waals surface area contributed by atoms with Crippen LogP contribution in [0.3, 0.4) is 0 Å². The Morgan fingerprint density at radius 2 is 2.08 bits per heavy atom. The van der Waals surface area contributed by atoms with Crippen LogP contribution in [0.2, 0.25) is 0 Å². The van der Waals surface area contributed by atoms with Gasteiger partial charge in [-0.15, -0.1) is 10.2 Å². The van der Waals surface area contributed by atoms with E-state index in [2.05, 4.69) is 25.4 Å². The van der Waals surface area contributed by atoms with Crippen molar-refractivity contribution in [3.05, 3.63) is 59.6 Å². The highest BCUT2D eigenvalue weighted by Gasteiger charge is 2.12. The SMILES string of the molecule is CCc1nnc(CN(C)Cc2cccc(C(=O)Nc3nccn3C)c2)o1. The Hall–Kier alpha value is -3.00. The summed E-state index contributed by atoms with van der Waals surface area (Å²) in [5.41, 5.74) is 1.61. The second kappa shape index (κ2) is 7.92. The van der Waals surface area contributed by atoms with E-state index in [9.17, 15) is 4.79 Å². The van der Waals surface area contributed by atoms with E-state index in [1.807, 2.05) is 39.2 Å². The molecule has 0 atom stereocenters. The van der Waals surface area contributed by atoms with Crippen molar-refractivity contribution in [1.82, 2.24) is 24.6 Å². The molecule has 2 aromatic heterocycles. The molecular weight excluding hydrogens is 332 g/mol. The van der Waals surface area contributed by atoms with Crippen molar-refractivity contribution in [1.29, 1.82) is 0 Å². The third-order valence-corrected chi connectivity index (χ3v) is 3.90. The average molecular weight is 354 g/mol. The van der Waals surface area contributed by atoms with Crippen molar-refractivity contribution in [2.45, 2.75) is 26.4 Å². The molecule has 0 saturated heterocycles. The first-order valence-corrected chi connectivity index (χ1v) is 8.42. The number of hydrogen-bond acceptors (Lipinski definition) is 6. The minimum absolute atomic E-state index is 0.187. The summed E-state index contributed by atoms with van der Waals surface area (Å²) < 4.78 is 7.29. The largest absolute Gasteiger partial charge is 0.424 e. The zero-order valence-corrected chi connectivity index (χ0v) is 15.1. The molecule has 26 heavy (non-hydrogen) atoms. The number of aromatic nitrogens is 4. The maximum Gasteiger partial charge on any atom is 0.257 e. The zero-order chi connectivity index (χ0) is 18.5.